The lowest BCUT2D eigenvalue weighted by Gasteiger charge is -2.46. The Balaban J connectivity index is 1.44. The van der Waals surface area contributed by atoms with Crippen molar-refractivity contribution < 1.29 is 19.1 Å². The summed E-state index contributed by atoms with van der Waals surface area (Å²) in [6.45, 7) is 5.00. The molecule has 2 aliphatic heterocycles. The third kappa shape index (κ3) is 5.68. The van der Waals surface area contributed by atoms with Crippen LogP contribution in [0.3, 0.4) is 0 Å². The van der Waals surface area contributed by atoms with E-state index in [1.807, 2.05) is 53.4 Å². The fourth-order valence-corrected chi connectivity index (χ4v) is 6.20. The molecule has 0 unspecified atom stereocenters. The van der Waals surface area contributed by atoms with Gasteiger partial charge in [0.2, 0.25) is 5.91 Å². The average Bonchev–Trinajstić information content (AvgIpc) is 2.96. The molecule has 7 heteroatoms. The number of morpholine rings is 1. The fourth-order valence-electron chi connectivity index (χ4n) is 6.20. The van der Waals surface area contributed by atoms with Gasteiger partial charge in [0.25, 0.3) is 5.91 Å². The van der Waals surface area contributed by atoms with Crippen LogP contribution in [0.15, 0.2) is 48.5 Å². The van der Waals surface area contributed by atoms with Crippen molar-refractivity contribution in [2.24, 2.45) is 0 Å². The van der Waals surface area contributed by atoms with E-state index in [-0.39, 0.29) is 23.9 Å². The van der Waals surface area contributed by atoms with Crippen molar-refractivity contribution in [2.45, 2.75) is 56.5 Å². The summed E-state index contributed by atoms with van der Waals surface area (Å²) in [6.07, 6.45) is 6.28. The van der Waals surface area contributed by atoms with E-state index in [1.54, 1.807) is 7.11 Å². The minimum absolute atomic E-state index is 0.0106. The molecule has 0 bridgehead atoms. The lowest BCUT2D eigenvalue weighted by atomic mass is 9.77. The molecule has 1 saturated carbocycles. The van der Waals surface area contributed by atoms with Crippen LogP contribution in [0.5, 0.6) is 5.75 Å². The molecule has 37 heavy (non-hydrogen) atoms. The Morgan fingerprint density at radius 2 is 1.76 bits per heavy atom. The SMILES string of the molecule is COc1ccc([C@H]2[C@H](C(=O)NCCCN3CCOCC3)c3ccccc3C(=O)N2C2CCCCC2)cc1. The van der Waals surface area contributed by atoms with E-state index >= 15 is 0 Å². The van der Waals surface area contributed by atoms with E-state index in [0.29, 0.717) is 12.1 Å². The second-order valence-corrected chi connectivity index (χ2v) is 10.4. The van der Waals surface area contributed by atoms with Crippen LogP contribution in [-0.4, -0.2) is 74.2 Å². The molecular weight excluding hydrogens is 466 g/mol. The van der Waals surface area contributed by atoms with Gasteiger partial charge in [0.05, 0.1) is 32.3 Å². The van der Waals surface area contributed by atoms with Gasteiger partial charge in [-0.1, -0.05) is 49.6 Å². The molecule has 5 rings (SSSR count). The first-order chi connectivity index (χ1) is 18.2. The summed E-state index contributed by atoms with van der Waals surface area (Å²) < 4.78 is 10.8. The van der Waals surface area contributed by atoms with E-state index in [9.17, 15) is 9.59 Å². The number of carbonyl (C=O) groups excluding carboxylic acids is 2. The number of nitrogens with one attached hydrogen (secondary N) is 1. The van der Waals surface area contributed by atoms with Crippen LogP contribution < -0.4 is 10.1 Å². The standard InChI is InChI=1S/C30H39N3O4/c1-36-24-14-12-22(13-15-24)28-27(29(34)31-16-7-17-32-18-20-37-21-19-32)25-10-5-6-11-26(25)30(35)33(28)23-8-3-2-4-9-23/h5-6,10-15,23,27-28H,2-4,7-9,16-21H2,1H3,(H,31,34)/t27-,28+/m1/s1. The third-order valence-electron chi connectivity index (χ3n) is 8.14. The maximum Gasteiger partial charge on any atom is 0.254 e. The van der Waals surface area contributed by atoms with Crippen LogP contribution in [0.25, 0.3) is 0 Å². The normalized spacial score (nSPS) is 22.9. The average molecular weight is 506 g/mol. The first-order valence-electron chi connectivity index (χ1n) is 13.8. The first-order valence-corrected chi connectivity index (χ1v) is 13.8. The van der Waals surface area contributed by atoms with E-state index in [2.05, 4.69) is 10.2 Å². The molecule has 1 saturated heterocycles. The predicted molar refractivity (Wildman–Crippen MR) is 143 cm³/mol. The van der Waals surface area contributed by atoms with Crippen molar-refractivity contribution in [3.8, 4) is 5.75 Å². The highest BCUT2D eigenvalue weighted by Crippen LogP contribution is 2.46. The van der Waals surface area contributed by atoms with Crippen molar-refractivity contribution in [2.75, 3.05) is 46.5 Å². The van der Waals surface area contributed by atoms with Gasteiger partial charge in [-0.15, -0.1) is 0 Å². The number of rotatable bonds is 8. The summed E-state index contributed by atoms with van der Waals surface area (Å²) in [4.78, 5) is 32.4. The highest BCUT2D eigenvalue weighted by Gasteiger charge is 2.46. The molecule has 198 valence electrons. The molecule has 1 aliphatic carbocycles. The monoisotopic (exact) mass is 505 g/mol. The number of nitrogens with zero attached hydrogens (tertiary/aromatic N) is 2. The van der Waals surface area contributed by atoms with Crippen LogP contribution >= 0.6 is 0 Å². The summed E-state index contributed by atoms with van der Waals surface area (Å²) in [5, 5.41) is 3.23. The van der Waals surface area contributed by atoms with E-state index in [0.717, 1.165) is 81.8 Å². The molecule has 0 aromatic heterocycles. The zero-order valence-corrected chi connectivity index (χ0v) is 21.9. The Labute approximate surface area is 220 Å². The van der Waals surface area contributed by atoms with Crippen molar-refractivity contribution >= 4 is 11.8 Å². The molecular formula is C30H39N3O4. The highest BCUT2D eigenvalue weighted by atomic mass is 16.5. The van der Waals surface area contributed by atoms with Crippen molar-refractivity contribution in [3.63, 3.8) is 0 Å². The Kier molecular flexibility index (Phi) is 8.41. The highest BCUT2D eigenvalue weighted by molar-refractivity contribution is 6.01. The number of benzene rings is 2. The Hall–Kier alpha value is -2.90. The minimum Gasteiger partial charge on any atom is -0.497 e. The van der Waals surface area contributed by atoms with Gasteiger partial charge in [-0.3, -0.25) is 14.5 Å². The molecule has 2 fully saturated rings. The molecule has 0 radical (unpaired) electrons. The first kappa shape index (κ1) is 25.7. The van der Waals surface area contributed by atoms with Gasteiger partial charge in [-0.05, 0) is 55.1 Å². The molecule has 2 heterocycles. The lowest BCUT2D eigenvalue weighted by Crippen LogP contribution is -2.52. The second-order valence-electron chi connectivity index (χ2n) is 10.4. The topological polar surface area (TPSA) is 71.1 Å². The van der Waals surface area contributed by atoms with Crippen molar-refractivity contribution in [1.82, 2.24) is 15.1 Å². The van der Waals surface area contributed by atoms with Gasteiger partial charge < -0.3 is 19.7 Å². The summed E-state index contributed by atoms with van der Waals surface area (Å²) >= 11 is 0. The number of ether oxygens (including phenoxy) is 2. The zero-order valence-electron chi connectivity index (χ0n) is 21.9. The van der Waals surface area contributed by atoms with Crippen LogP contribution in [-0.2, 0) is 9.53 Å². The zero-order chi connectivity index (χ0) is 25.6. The van der Waals surface area contributed by atoms with E-state index in [1.165, 1.54) is 6.42 Å². The number of hydrogen-bond donors (Lipinski definition) is 1. The Morgan fingerprint density at radius 1 is 1.03 bits per heavy atom. The fraction of sp³-hybridized carbons (Fsp3) is 0.533. The largest absolute Gasteiger partial charge is 0.497 e. The number of carbonyl (C=O) groups is 2. The number of hydrogen-bond acceptors (Lipinski definition) is 5. The molecule has 7 nitrogen and oxygen atoms in total. The van der Waals surface area contributed by atoms with Crippen LogP contribution in [0.4, 0.5) is 0 Å². The van der Waals surface area contributed by atoms with Crippen molar-refractivity contribution in [3.05, 3.63) is 65.2 Å². The second kappa shape index (κ2) is 12.1. The Bertz CT molecular complexity index is 1060. The van der Waals surface area contributed by atoms with Gasteiger partial charge in [0, 0.05) is 31.2 Å². The van der Waals surface area contributed by atoms with E-state index < -0.39 is 5.92 Å². The smallest absolute Gasteiger partial charge is 0.254 e. The Morgan fingerprint density at radius 3 is 2.49 bits per heavy atom. The lowest BCUT2D eigenvalue weighted by molar-refractivity contribution is -0.124. The number of amides is 2. The molecule has 1 N–H and O–H groups in total. The molecule has 0 spiro atoms. The van der Waals surface area contributed by atoms with Gasteiger partial charge in [0.1, 0.15) is 5.75 Å². The van der Waals surface area contributed by atoms with E-state index in [4.69, 9.17) is 9.47 Å². The maximum absolute atomic E-state index is 14.0. The van der Waals surface area contributed by atoms with Gasteiger partial charge in [0.15, 0.2) is 0 Å². The number of methoxy groups -OCH3 is 1. The summed E-state index contributed by atoms with van der Waals surface area (Å²) in [7, 11) is 1.65. The van der Waals surface area contributed by atoms with Gasteiger partial charge >= 0.3 is 0 Å². The quantitative estimate of drug-likeness (QED) is 0.546. The molecule has 2 amide bonds. The van der Waals surface area contributed by atoms with Crippen molar-refractivity contribution in [1.29, 1.82) is 0 Å². The minimum atomic E-state index is -0.465. The molecule has 2 aromatic rings. The van der Waals surface area contributed by atoms with Crippen LogP contribution in [0, 0.1) is 0 Å². The number of fused-ring (bicyclic) bond motifs is 1. The molecule has 2 aromatic carbocycles. The van der Waals surface area contributed by atoms with Crippen LogP contribution in [0.1, 0.15) is 72.0 Å². The van der Waals surface area contributed by atoms with Gasteiger partial charge in [-0.2, -0.15) is 0 Å². The molecule has 3 aliphatic rings. The maximum atomic E-state index is 14.0. The van der Waals surface area contributed by atoms with Gasteiger partial charge in [-0.25, -0.2) is 0 Å². The molecule has 2 atom stereocenters. The third-order valence-corrected chi connectivity index (χ3v) is 8.14. The predicted octanol–water partition coefficient (Wildman–Crippen LogP) is 4.15. The van der Waals surface area contributed by atoms with Crippen LogP contribution in [0.2, 0.25) is 0 Å². The summed E-state index contributed by atoms with van der Waals surface area (Å²) in [6, 6.07) is 15.4. The summed E-state index contributed by atoms with van der Waals surface area (Å²) in [5.41, 5.74) is 2.46. The summed E-state index contributed by atoms with van der Waals surface area (Å²) in [5.74, 6) is 0.329.